The van der Waals surface area contributed by atoms with Gasteiger partial charge in [0.2, 0.25) is 0 Å². The number of methoxy groups -OCH3 is 1. The maximum atomic E-state index is 11.6. The molecule has 1 aromatic heterocycles. The van der Waals surface area contributed by atoms with E-state index in [1.165, 1.54) is 7.11 Å². The minimum atomic E-state index is -0.293. The number of hydrogen-bond donors (Lipinski definition) is 1. The van der Waals surface area contributed by atoms with E-state index < -0.39 is 0 Å². The van der Waals surface area contributed by atoms with Crippen LogP contribution < -0.4 is 5.32 Å². The van der Waals surface area contributed by atoms with Gasteiger partial charge in [0.05, 0.1) is 12.7 Å². The SMILES string of the molecule is COC(=O)c1ccccc1CNCCCn1cccn1. The van der Waals surface area contributed by atoms with Gasteiger partial charge in [0.25, 0.3) is 0 Å². The summed E-state index contributed by atoms with van der Waals surface area (Å²) in [5, 5.41) is 7.48. The van der Waals surface area contributed by atoms with E-state index in [0.717, 1.165) is 25.1 Å². The maximum Gasteiger partial charge on any atom is 0.338 e. The van der Waals surface area contributed by atoms with E-state index in [1.54, 1.807) is 12.3 Å². The molecule has 1 heterocycles. The van der Waals surface area contributed by atoms with Crippen LogP contribution in [-0.4, -0.2) is 29.4 Å². The third-order valence-electron chi connectivity index (χ3n) is 3.04. The topological polar surface area (TPSA) is 56.1 Å². The van der Waals surface area contributed by atoms with E-state index in [2.05, 4.69) is 10.4 Å². The van der Waals surface area contributed by atoms with Crippen LogP contribution in [0.3, 0.4) is 0 Å². The summed E-state index contributed by atoms with van der Waals surface area (Å²) in [7, 11) is 1.40. The number of aryl methyl sites for hydroxylation is 1. The third kappa shape index (κ3) is 3.93. The highest BCUT2D eigenvalue weighted by Gasteiger charge is 2.09. The number of nitrogens with one attached hydrogen (secondary N) is 1. The van der Waals surface area contributed by atoms with Crippen molar-refractivity contribution in [1.82, 2.24) is 15.1 Å². The summed E-state index contributed by atoms with van der Waals surface area (Å²) in [5.41, 5.74) is 1.58. The fourth-order valence-electron chi connectivity index (χ4n) is 2.01. The van der Waals surface area contributed by atoms with Crippen LogP contribution in [0.5, 0.6) is 0 Å². The molecule has 5 heteroatoms. The van der Waals surface area contributed by atoms with Crippen molar-refractivity contribution in [3.05, 3.63) is 53.9 Å². The van der Waals surface area contributed by atoms with Gasteiger partial charge in [0.15, 0.2) is 0 Å². The molecule has 2 rings (SSSR count). The van der Waals surface area contributed by atoms with Gasteiger partial charge < -0.3 is 10.1 Å². The second-order valence-electron chi connectivity index (χ2n) is 4.45. The summed E-state index contributed by atoms with van der Waals surface area (Å²) in [4.78, 5) is 11.6. The molecule has 0 amide bonds. The number of carbonyl (C=O) groups is 1. The second-order valence-corrected chi connectivity index (χ2v) is 4.45. The van der Waals surface area contributed by atoms with Crippen LogP contribution in [0.25, 0.3) is 0 Å². The average Bonchev–Trinajstić information content (AvgIpc) is 3.00. The number of esters is 1. The predicted octanol–water partition coefficient (Wildman–Crippen LogP) is 1.85. The van der Waals surface area contributed by atoms with Gasteiger partial charge in [-0.3, -0.25) is 4.68 Å². The van der Waals surface area contributed by atoms with Crippen molar-refractivity contribution in [3.63, 3.8) is 0 Å². The van der Waals surface area contributed by atoms with E-state index in [9.17, 15) is 4.79 Å². The van der Waals surface area contributed by atoms with E-state index >= 15 is 0 Å². The van der Waals surface area contributed by atoms with Crippen molar-refractivity contribution in [3.8, 4) is 0 Å². The first-order valence-corrected chi connectivity index (χ1v) is 6.65. The van der Waals surface area contributed by atoms with Crippen molar-refractivity contribution < 1.29 is 9.53 Å². The number of nitrogens with zero attached hydrogens (tertiary/aromatic N) is 2. The lowest BCUT2D eigenvalue weighted by Gasteiger charge is -2.09. The normalized spacial score (nSPS) is 10.4. The Kier molecular flexibility index (Phi) is 5.32. The zero-order valence-electron chi connectivity index (χ0n) is 11.6. The Morgan fingerprint density at radius 1 is 1.35 bits per heavy atom. The lowest BCUT2D eigenvalue weighted by Crippen LogP contribution is -2.18. The summed E-state index contributed by atoms with van der Waals surface area (Å²) >= 11 is 0. The highest BCUT2D eigenvalue weighted by atomic mass is 16.5. The van der Waals surface area contributed by atoms with Gasteiger partial charge in [-0.05, 0) is 30.7 Å². The van der Waals surface area contributed by atoms with Crippen LogP contribution in [0.1, 0.15) is 22.3 Å². The summed E-state index contributed by atoms with van der Waals surface area (Å²) in [6.07, 6.45) is 4.72. The summed E-state index contributed by atoms with van der Waals surface area (Å²) in [6, 6.07) is 9.40. The van der Waals surface area contributed by atoms with Crippen molar-refractivity contribution in [2.75, 3.05) is 13.7 Å². The Labute approximate surface area is 118 Å². The Balaban J connectivity index is 1.78. The van der Waals surface area contributed by atoms with Crippen LogP contribution >= 0.6 is 0 Å². The Bertz CT molecular complexity index is 538. The van der Waals surface area contributed by atoms with Crippen LogP contribution in [0, 0.1) is 0 Å². The Morgan fingerprint density at radius 2 is 2.20 bits per heavy atom. The summed E-state index contributed by atoms with van der Waals surface area (Å²) in [6.45, 7) is 2.42. The number of benzene rings is 1. The largest absolute Gasteiger partial charge is 0.465 e. The smallest absolute Gasteiger partial charge is 0.338 e. The van der Waals surface area contributed by atoms with E-state index in [1.807, 2.05) is 35.1 Å². The Morgan fingerprint density at radius 3 is 2.95 bits per heavy atom. The fourth-order valence-corrected chi connectivity index (χ4v) is 2.01. The number of hydrogen-bond acceptors (Lipinski definition) is 4. The molecule has 0 bridgehead atoms. The number of aromatic nitrogens is 2. The summed E-state index contributed by atoms with van der Waals surface area (Å²) in [5.74, 6) is -0.293. The molecule has 0 radical (unpaired) electrons. The zero-order chi connectivity index (χ0) is 14.2. The van der Waals surface area contributed by atoms with Crippen molar-refractivity contribution >= 4 is 5.97 Å². The first-order chi connectivity index (χ1) is 9.81. The van der Waals surface area contributed by atoms with Gasteiger partial charge >= 0.3 is 5.97 Å². The highest BCUT2D eigenvalue weighted by molar-refractivity contribution is 5.90. The van der Waals surface area contributed by atoms with Gasteiger partial charge in [0, 0.05) is 25.5 Å². The minimum absolute atomic E-state index is 0.293. The molecular formula is C15H19N3O2. The molecule has 0 aliphatic rings. The quantitative estimate of drug-likeness (QED) is 0.618. The molecule has 106 valence electrons. The standard InChI is InChI=1S/C15H19N3O2/c1-20-15(19)14-7-3-2-6-13(14)12-16-8-4-10-18-11-5-9-17-18/h2-3,5-7,9,11,16H,4,8,10,12H2,1H3. The van der Waals surface area contributed by atoms with E-state index in [4.69, 9.17) is 4.74 Å². The molecule has 0 spiro atoms. The lowest BCUT2D eigenvalue weighted by molar-refractivity contribution is 0.0599. The van der Waals surface area contributed by atoms with Crippen LogP contribution in [0.4, 0.5) is 0 Å². The summed E-state index contributed by atoms with van der Waals surface area (Å²) < 4.78 is 6.68. The molecule has 1 aromatic carbocycles. The van der Waals surface area contributed by atoms with E-state index in [0.29, 0.717) is 12.1 Å². The van der Waals surface area contributed by atoms with Crippen LogP contribution in [0.2, 0.25) is 0 Å². The predicted molar refractivity (Wildman–Crippen MR) is 76.3 cm³/mol. The molecule has 0 atom stereocenters. The van der Waals surface area contributed by atoms with Crippen molar-refractivity contribution in [1.29, 1.82) is 0 Å². The maximum absolute atomic E-state index is 11.6. The van der Waals surface area contributed by atoms with Crippen LogP contribution in [-0.2, 0) is 17.8 Å². The molecule has 20 heavy (non-hydrogen) atoms. The van der Waals surface area contributed by atoms with Gasteiger partial charge in [0.1, 0.15) is 0 Å². The average molecular weight is 273 g/mol. The second kappa shape index (κ2) is 7.45. The first-order valence-electron chi connectivity index (χ1n) is 6.65. The van der Waals surface area contributed by atoms with Crippen molar-refractivity contribution in [2.45, 2.75) is 19.5 Å². The molecule has 5 nitrogen and oxygen atoms in total. The third-order valence-corrected chi connectivity index (χ3v) is 3.04. The molecule has 0 unspecified atom stereocenters. The highest BCUT2D eigenvalue weighted by Crippen LogP contribution is 2.09. The van der Waals surface area contributed by atoms with Gasteiger partial charge in [-0.15, -0.1) is 0 Å². The molecule has 1 N–H and O–H groups in total. The number of carbonyl (C=O) groups excluding carboxylic acids is 1. The Hall–Kier alpha value is -2.14. The molecule has 2 aromatic rings. The van der Waals surface area contributed by atoms with Gasteiger partial charge in [-0.2, -0.15) is 5.10 Å². The molecule has 0 aliphatic carbocycles. The van der Waals surface area contributed by atoms with E-state index in [-0.39, 0.29) is 5.97 Å². The fraction of sp³-hybridized carbons (Fsp3) is 0.333. The molecule has 0 saturated heterocycles. The number of rotatable bonds is 7. The lowest BCUT2D eigenvalue weighted by atomic mass is 10.1. The molecular weight excluding hydrogens is 254 g/mol. The molecule has 0 fully saturated rings. The minimum Gasteiger partial charge on any atom is -0.465 e. The molecule has 0 aliphatic heterocycles. The van der Waals surface area contributed by atoms with Crippen molar-refractivity contribution in [2.24, 2.45) is 0 Å². The first kappa shape index (κ1) is 14.3. The van der Waals surface area contributed by atoms with Gasteiger partial charge in [-0.25, -0.2) is 4.79 Å². The van der Waals surface area contributed by atoms with Gasteiger partial charge in [-0.1, -0.05) is 18.2 Å². The van der Waals surface area contributed by atoms with Crippen LogP contribution in [0.15, 0.2) is 42.7 Å². The molecule has 0 saturated carbocycles. The zero-order valence-corrected chi connectivity index (χ0v) is 11.6. The monoisotopic (exact) mass is 273 g/mol. The number of ether oxygens (including phenoxy) is 1.